The Bertz CT molecular complexity index is 1050. The number of rotatable bonds is 7. The van der Waals surface area contributed by atoms with Gasteiger partial charge in [-0.05, 0) is 44.0 Å². The monoisotopic (exact) mass is 440 g/mol. The Labute approximate surface area is 184 Å². The van der Waals surface area contributed by atoms with E-state index < -0.39 is 11.0 Å². The first-order chi connectivity index (χ1) is 15.3. The number of likely N-dealkylation sites (tertiary alicyclic amines) is 1. The Morgan fingerprint density at radius 2 is 2.00 bits per heavy atom. The minimum absolute atomic E-state index is 0.0595. The van der Waals surface area contributed by atoms with Crippen molar-refractivity contribution >= 4 is 29.1 Å². The molecule has 1 aliphatic heterocycles. The molecule has 2 aromatic carbocycles. The second-order valence-electron chi connectivity index (χ2n) is 7.39. The van der Waals surface area contributed by atoms with E-state index in [9.17, 15) is 24.5 Å². The number of hydrogen-bond acceptors (Lipinski definition) is 6. The summed E-state index contributed by atoms with van der Waals surface area (Å²) >= 11 is 0. The smallest absolute Gasteiger partial charge is 0.272 e. The lowest BCUT2D eigenvalue weighted by molar-refractivity contribution is -0.385. The number of ether oxygens (including phenoxy) is 1. The Morgan fingerprint density at radius 3 is 2.69 bits per heavy atom. The molecule has 1 unspecified atom stereocenters. The topological polar surface area (TPSA) is 131 Å². The van der Waals surface area contributed by atoms with E-state index in [1.807, 2.05) is 0 Å². The van der Waals surface area contributed by atoms with Gasteiger partial charge in [0.15, 0.2) is 6.61 Å². The van der Waals surface area contributed by atoms with E-state index >= 15 is 0 Å². The molecule has 168 valence electrons. The molecule has 0 spiro atoms. The van der Waals surface area contributed by atoms with E-state index in [1.54, 1.807) is 31.2 Å². The van der Waals surface area contributed by atoms with E-state index in [0.717, 1.165) is 0 Å². The normalized spacial score (nSPS) is 15.2. The van der Waals surface area contributed by atoms with Crippen molar-refractivity contribution in [2.75, 3.05) is 25.5 Å². The van der Waals surface area contributed by atoms with Crippen LogP contribution in [0.15, 0.2) is 42.5 Å². The molecular weight excluding hydrogens is 416 g/mol. The average molecular weight is 440 g/mol. The van der Waals surface area contributed by atoms with Crippen molar-refractivity contribution in [3.8, 4) is 5.75 Å². The second kappa shape index (κ2) is 9.90. The molecule has 0 saturated carbocycles. The number of amides is 3. The van der Waals surface area contributed by atoms with Gasteiger partial charge in [0.2, 0.25) is 5.91 Å². The van der Waals surface area contributed by atoms with Gasteiger partial charge in [0.05, 0.1) is 4.92 Å². The molecular formula is C22H24N4O6. The third kappa shape index (κ3) is 5.20. The molecule has 1 aliphatic rings. The van der Waals surface area contributed by atoms with E-state index in [0.29, 0.717) is 42.0 Å². The number of carbonyl (C=O) groups excluding carboxylic acids is 3. The molecule has 1 saturated heterocycles. The predicted molar refractivity (Wildman–Crippen MR) is 117 cm³/mol. The van der Waals surface area contributed by atoms with Gasteiger partial charge in [0, 0.05) is 42.5 Å². The summed E-state index contributed by atoms with van der Waals surface area (Å²) in [5, 5.41) is 16.3. The molecule has 10 nitrogen and oxygen atoms in total. The number of anilines is 1. The van der Waals surface area contributed by atoms with Gasteiger partial charge in [-0.25, -0.2) is 0 Å². The van der Waals surface area contributed by atoms with Crippen molar-refractivity contribution in [1.82, 2.24) is 10.2 Å². The Hall–Kier alpha value is -3.95. The van der Waals surface area contributed by atoms with Crippen molar-refractivity contribution in [3.05, 3.63) is 63.7 Å². The summed E-state index contributed by atoms with van der Waals surface area (Å²) in [6.07, 6.45) is 1.18. The number of aryl methyl sites for hydroxylation is 1. The standard InChI is InChI=1S/C22H24N4O6/c1-14-11-15(8-9-18(14)26(30)31)22(29)25-10-4-7-19(25)21(28)24-16-5-3-6-17(12-16)32-13-20(27)23-2/h3,5-6,8-9,11-12,19H,4,7,10,13H2,1-2H3,(H,23,27)(H,24,28). The van der Waals surface area contributed by atoms with E-state index in [1.165, 1.54) is 30.1 Å². The Kier molecular flexibility index (Phi) is 7.04. The zero-order chi connectivity index (χ0) is 23.3. The van der Waals surface area contributed by atoms with Gasteiger partial charge in [-0.2, -0.15) is 0 Å². The van der Waals surface area contributed by atoms with Gasteiger partial charge in [-0.15, -0.1) is 0 Å². The van der Waals surface area contributed by atoms with E-state index in [4.69, 9.17) is 4.74 Å². The summed E-state index contributed by atoms with van der Waals surface area (Å²) in [4.78, 5) is 49.2. The van der Waals surface area contributed by atoms with Crippen LogP contribution in [0, 0.1) is 17.0 Å². The SMILES string of the molecule is CNC(=O)COc1cccc(NC(=O)C2CCCN2C(=O)c2ccc([N+](=O)[O-])c(C)c2)c1. The lowest BCUT2D eigenvalue weighted by Gasteiger charge is -2.24. The molecule has 10 heteroatoms. The van der Waals surface area contributed by atoms with Crippen molar-refractivity contribution in [2.45, 2.75) is 25.8 Å². The number of nitro benzene ring substituents is 1. The van der Waals surface area contributed by atoms with Crippen LogP contribution >= 0.6 is 0 Å². The lowest BCUT2D eigenvalue weighted by Crippen LogP contribution is -2.43. The van der Waals surface area contributed by atoms with E-state index in [-0.39, 0.29) is 30.0 Å². The molecule has 0 aromatic heterocycles. The molecule has 2 N–H and O–H groups in total. The van der Waals surface area contributed by atoms with Crippen LogP contribution in [0.2, 0.25) is 0 Å². The van der Waals surface area contributed by atoms with E-state index in [2.05, 4.69) is 10.6 Å². The minimum Gasteiger partial charge on any atom is -0.484 e. The van der Waals surface area contributed by atoms with Crippen molar-refractivity contribution in [1.29, 1.82) is 0 Å². The van der Waals surface area contributed by atoms with Crippen LogP contribution in [-0.4, -0.2) is 53.8 Å². The highest BCUT2D eigenvalue weighted by Gasteiger charge is 2.35. The number of hydrogen-bond donors (Lipinski definition) is 2. The van der Waals surface area contributed by atoms with Crippen molar-refractivity contribution < 1.29 is 24.0 Å². The van der Waals surface area contributed by atoms with Crippen LogP contribution in [0.4, 0.5) is 11.4 Å². The maximum Gasteiger partial charge on any atom is 0.272 e. The van der Waals surface area contributed by atoms with Gasteiger partial charge >= 0.3 is 0 Å². The second-order valence-corrected chi connectivity index (χ2v) is 7.39. The summed E-state index contributed by atoms with van der Waals surface area (Å²) < 4.78 is 5.39. The van der Waals surface area contributed by atoms with Crippen LogP contribution < -0.4 is 15.4 Å². The van der Waals surface area contributed by atoms with Gasteiger partial charge in [0.1, 0.15) is 11.8 Å². The molecule has 3 rings (SSSR count). The summed E-state index contributed by atoms with van der Waals surface area (Å²) in [5.74, 6) is -0.533. The minimum atomic E-state index is -0.659. The number of carbonyl (C=O) groups is 3. The highest BCUT2D eigenvalue weighted by molar-refractivity contribution is 6.01. The van der Waals surface area contributed by atoms with Crippen molar-refractivity contribution in [3.63, 3.8) is 0 Å². The van der Waals surface area contributed by atoms with Gasteiger partial charge in [-0.3, -0.25) is 24.5 Å². The number of nitrogens with zero attached hydrogens (tertiary/aromatic N) is 2. The molecule has 0 radical (unpaired) electrons. The maximum absolute atomic E-state index is 13.0. The summed E-state index contributed by atoms with van der Waals surface area (Å²) in [6, 6.07) is 10.2. The van der Waals surface area contributed by atoms with Gasteiger partial charge in [-0.1, -0.05) is 6.07 Å². The Balaban J connectivity index is 1.69. The van der Waals surface area contributed by atoms with Crippen LogP contribution in [0.1, 0.15) is 28.8 Å². The van der Waals surface area contributed by atoms with Gasteiger partial charge < -0.3 is 20.3 Å². The predicted octanol–water partition coefficient (Wildman–Crippen LogP) is 2.27. The molecule has 1 heterocycles. The molecule has 32 heavy (non-hydrogen) atoms. The highest BCUT2D eigenvalue weighted by Crippen LogP contribution is 2.25. The first-order valence-electron chi connectivity index (χ1n) is 10.1. The lowest BCUT2D eigenvalue weighted by atomic mass is 10.1. The van der Waals surface area contributed by atoms with Crippen LogP contribution in [0.25, 0.3) is 0 Å². The zero-order valence-electron chi connectivity index (χ0n) is 17.8. The largest absolute Gasteiger partial charge is 0.484 e. The molecule has 1 fully saturated rings. The van der Waals surface area contributed by atoms with Crippen LogP contribution in [0.3, 0.4) is 0 Å². The molecule has 2 aromatic rings. The van der Waals surface area contributed by atoms with Crippen LogP contribution in [0.5, 0.6) is 5.75 Å². The first kappa shape index (κ1) is 22.7. The third-order valence-corrected chi connectivity index (χ3v) is 5.21. The molecule has 1 atom stereocenters. The van der Waals surface area contributed by atoms with Crippen LogP contribution in [-0.2, 0) is 9.59 Å². The fraction of sp³-hybridized carbons (Fsp3) is 0.318. The third-order valence-electron chi connectivity index (χ3n) is 5.21. The Morgan fingerprint density at radius 1 is 1.22 bits per heavy atom. The first-order valence-corrected chi connectivity index (χ1v) is 10.1. The molecule has 3 amide bonds. The zero-order valence-corrected chi connectivity index (χ0v) is 17.8. The van der Waals surface area contributed by atoms with Crippen molar-refractivity contribution in [2.24, 2.45) is 0 Å². The number of nitro groups is 1. The summed E-state index contributed by atoms with van der Waals surface area (Å²) in [7, 11) is 1.51. The quantitative estimate of drug-likeness (QED) is 0.502. The number of benzene rings is 2. The molecule has 0 aliphatic carbocycles. The summed E-state index contributed by atoms with van der Waals surface area (Å²) in [5.41, 5.74) is 1.11. The fourth-order valence-corrected chi connectivity index (χ4v) is 3.55. The number of likely N-dealkylation sites (N-methyl/N-ethyl adjacent to an activating group) is 1. The van der Waals surface area contributed by atoms with Gasteiger partial charge in [0.25, 0.3) is 17.5 Å². The highest BCUT2D eigenvalue weighted by atomic mass is 16.6. The maximum atomic E-state index is 13.0. The fourth-order valence-electron chi connectivity index (χ4n) is 3.55. The molecule has 0 bridgehead atoms. The summed E-state index contributed by atoms with van der Waals surface area (Å²) in [6.45, 7) is 1.85. The average Bonchev–Trinajstić information content (AvgIpc) is 3.27. The number of nitrogens with one attached hydrogen (secondary N) is 2.